The lowest BCUT2D eigenvalue weighted by atomic mass is 10.1. The van der Waals surface area contributed by atoms with Crippen molar-refractivity contribution in [2.75, 3.05) is 26.2 Å². The molecule has 0 saturated carbocycles. The molecule has 0 radical (unpaired) electrons. The molecule has 11 heteroatoms. The first-order valence-electron chi connectivity index (χ1n) is 8.61. The van der Waals surface area contributed by atoms with E-state index < -0.39 is 26.7 Å². The molecule has 0 N–H and O–H groups in total. The van der Waals surface area contributed by atoms with E-state index in [4.69, 9.17) is 11.6 Å². The van der Waals surface area contributed by atoms with E-state index in [0.29, 0.717) is 5.56 Å². The number of nitro groups is 1. The SMILES string of the molecule is Cc1cccc(C(=O)N2CCN(S(=O)(=O)c3ccc(F)c(Cl)c3)CC2)c1[N+](=O)[O-]. The summed E-state index contributed by atoms with van der Waals surface area (Å²) in [5.41, 5.74) is 0.0837. The fourth-order valence-corrected chi connectivity index (χ4v) is 4.86. The zero-order chi connectivity index (χ0) is 21.3. The zero-order valence-electron chi connectivity index (χ0n) is 15.3. The number of piperazine rings is 1. The fraction of sp³-hybridized carbons (Fsp3) is 0.278. The molecular formula is C18H17ClFN3O5S. The summed E-state index contributed by atoms with van der Waals surface area (Å²) in [6.07, 6.45) is 0. The molecule has 3 rings (SSSR count). The molecule has 29 heavy (non-hydrogen) atoms. The Balaban J connectivity index is 1.77. The van der Waals surface area contributed by atoms with Crippen molar-refractivity contribution in [2.24, 2.45) is 0 Å². The molecular weight excluding hydrogens is 425 g/mol. The lowest BCUT2D eigenvalue weighted by Crippen LogP contribution is -2.50. The second kappa shape index (κ2) is 8.05. The lowest BCUT2D eigenvalue weighted by Gasteiger charge is -2.34. The molecule has 1 aliphatic heterocycles. The molecule has 1 amide bonds. The zero-order valence-corrected chi connectivity index (χ0v) is 16.9. The van der Waals surface area contributed by atoms with Crippen molar-refractivity contribution in [2.45, 2.75) is 11.8 Å². The molecule has 0 aliphatic carbocycles. The number of carbonyl (C=O) groups is 1. The van der Waals surface area contributed by atoms with E-state index >= 15 is 0 Å². The Bertz CT molecular complexity index is 1080. The van der Waals surface area contributed by atoms with Crippen LogP contribution in [0.1, 0.15) is 15.9 Å². The maximum atomic E-state index is 13.3. The molecule has 2 aromatic rings. The molecule has 0 bridgehead atoms. The number of carbonyl (C=O) groups excluding carboxylic acids is 1. The molecule has 2 aromatic carbocycles. The van der Waals surface area contributed by atoms with E-state index in [2.05, 4.69) is 0 Å². The Morgan fingerprint density at radius 3 is 2.41 bits per heavy atom. The van der Waals surface area contributed by atoms with E-state index in [1.807, 2.05) is 0 Å². The third kappa shape index (κ3) is 4.09. The van der Waals surface area contributed by atoms with Crippen LogP contribution in [0, 0.1) is 22.9 Å². The van der Waals surface area contributed by atoms with Crippen LogP contribution in [0.3, 0.4) is 0 Å². The van der Waals surface area contributed by atoms with Gasteiger partial charge in [0.25, 0.3) is 11.6 Å². The van der Waals surface area contributed by atoms with Crippen molar-refractivity contribution in [3.05, 3.63) is 68.5 Å². The quantitative estimate of drug-likeness (QED) is 0.536. The summed E-state index contributed by atoms with van der Waals surface area (Å²) >= 11 is 5.68. The largest absolute Gasteiger partial charge is 0.336 e. The summed E-state index contributed by atoms with van der Waals surface area (Å²) in [5, 5.41) is 11.0. The van der Waals surface area contributed by atoms with Crippen LogP contribution in [0.2, 0.25) is 5.02 Å². The minimum atomic E-state index is -3.91. The summed E-state index contributed by atoms with van der Waals surface area (Å²) in [4.78, 5) is 24.8. The van der Waals surface area contributed by atoms with E-state index in [1.165, 1.54) is 15.3 Å². The molecule has 0 aromatic heterocycles. The van der Waals surface area contributed by atoms with Crippen molar-refractivity contribution < 1.29 is 22.5 Å². The van der Waals surface area contributed by atoms with Gasteiger partial charge in [0.15, 0.2) is 0 Å². The van der Waals surface area contributed by atoms with Crippen molar-refractivity contribution in [3.63, 3.8) is 0 Å². The predicted molar refractivity (Wildman–Crippen MR) is 104 cm³/mol. The first kappa shape index (κ1) is 21.2. The molecule has 8 nitrogen and oxygen atoms in total. The number of amides is 1. The number of aryl methyl sites for hydroxylation is 1. The van der Waals surface area contributed by atoms with Gasteiger partial charge in [0, 0.05) is 31.7 Å². The summed E-state index contributed by atoms with van der Waals surface area (Å²) in [5.74, 6) is -1.25. The maximum absolute atomic E-state index is 13.3. The molecule has 1 heterocycles. The number of halogens is 2. The van der Waals surface area contributed by atoms with Crippen LogP contribution in [-0.2, 0) is 10.0 Å². The summed E-state index contributed by atoms with van der Waals surface area (Å²) in [6.45, 7) is 1.69. The molecule has 0 atom stereocenters. The van der Waals surface area contributed by atoms with Gasteiger partial charge in [-0.2, -0.15) is 4.31 Å². The Morgan fingerprint density at radius 1 is 1.17 bits per heavy atom. The number of hydrogen-bond donors (Lipinski definition) is 0. The Hall–Kier alpha value is -2.56. The number of para-hydroxylation sites is 1. The highest BCUT2D eigenvalue weighted by molar-refractivity contribution is 7.89. The highest BCUT2D eigenvalue weighted by Crippen LogP contribution is 2.26. The van der Waals surface area contributed by atoms with E-state index in [-0.39, 0.29) is 47.3 Å². The Morgan fingerprint density at radius 2 is 1.83 bits per heavy atom. The van der Waals surface area contributed by atoms with Crippen LogP contribution < -0.4 is 0 Å². The van der Waals surface area contributed by atoms with Gasteiger partial charge in [-0.1, -0.05) is 23.7 Å². The second-order valence-electron chi connectivity index (χ2n) is 6.50. The number of sulfonamides is 1. The molecule has 1 fully saturated rings. The van der Waals surface area contributed by atoms with Gasteiger partial charge in [0.05, 0.1) is 14.8 Å². The van der Waals surface area contributed by atoms with E-state index in [9.17, 15) is 27.7 Å². The lowest BCUT2D eigenvalue weighted by molar-refractivity contribution is -0.385. The molecule has 0 spiro atoms. The summed E-state index contributed by atoms with van der Waals surface area (Å²) in [7, 11) is -3.91. The van der Waals surface area contributed by atoms with Gasteiger partial charge in [-0.15, -0.1) is 0 Å². The molecule has 154 valence electrons. The van der Waals surface area contributed by atoms with Crippen LogP contribution in [0.4, 0.5) is 10.1 Å². The van der Waals surface area contributed by atoms with Gasteiger partial charge in [0.2, 0.25) is 10.0 Å². The first-order valence-corrected chi connectivity index (χ1v) is 10.4. The number of rotatable bonds is 4. The second-order valence-corrected chi connectivity index (χ2v) is 8.85. The smallest absolute Gasteiger partial charge is 0.285 e. The van der Waals surface area contributed by atoms with Gasteiger partial charge in [-0.3, -0.25) is 14.9 Å². The fourth-order valence-electron chi connectivity index (χ4n) is 3.16. The van der Waals surface area contributed by atoms with Gasteiger partial charge >= 0.3 is 0 Å². The maximum Gasteiger partial charge on any atom is 0.285 e. The van der Waals surface area contributed by atoms with E-state index in [1.54, 1.807) is 19.1 Å². The summed E-state index contributed by atoms with van der Waals surface area (Å²) in [6, 6.07) is 7.65. The molecule has 1 saturated heterocycles. The van der Waals surface area contributed by atoms with Crippen LogP contribution in [0.5, 0.6) is 0 Å². The Kier molecular flexibility index (Phi) is 5.87. The van der Waals surface area contributed by atoms with Gasteiger partial charge in [-0.25, -0.2) is 12.8 Å². The minimum absolute atomic E-state index is 0.00266. The number of benzene rings is 2. The minimum Gasteiger partial charge on any atom is -0.336 e. The predicted octanol–water partition coefficient (Wildman–Crippen LogP) is 2.84. The highest BCUT2D eigenvalue weighted by atomic mass is 35.5. The van der Waals surface area contributed by atoms with Crippen LogP contribution in [0.15, 0.2) is 41.3 Å². The van der Waals surface area contributed by atoms with Gasteiger partial charge in [-0.05, 0) is 31.2 Å². The standard InChI is InChI=1S/C18H17ClFN3O5S/c1-12-3-2-4-14(17(12)23(25)26)18(24)21-7-9-22(10-8-21)29(27,28)13-5-6-16(20)15(19)11-13/h2-6,11H,7-10H2,1H3. The van der Waals surface area contributed by atoms with Crippen LogP contribution >= 0.6 is 11.6 Å². The van der Waals surface area contributed by atoms with Crippen LogP contribution in [0.25, 0.3) is 0 Å². The van der Waals surface area contributed by atoms with Crippen molar-refractivity contribution >= 4 is 33.2 Å². The van der Waals surface area contributed by atoms with Crippen molar-refractivity contribution in [1.29, 1.82) is 0 Å². The number of nitrogens with zero attached hydrogens (tertiary/aromatic N) is 3. The summed E-state index contributed by atoms with van der Waals surface area (Å²) < 4.78 is 40.0. The van der Waals surface area contributed by atoms with Gasteiger partial charge < -0.3 is 4.90 Å². The first-order chi connectivity index (χ1) is 13.6. The van der Waals surface area contributed by atoms with E-state index in [0.717, 1.165) is 18.2 Å². The monoisotopic (exact) mass is 441 g/mol. The molecule has 0 unspecified atom stereocenters. The average Bonchev–Trinajstić information content (AvgIpc) is 2.69. The number of hydrogen-bond acceptors (Lipinski definition) is 5. The number of nitro benzene ring substituents is 1. The van der Waals surface area contributed by atoms with Crippen molar-refractivity contribution in [1.82, 2.24) is 9.21 Å². The van der Waals surface area contributed by atoms with Gasteiger partial charge in [0.1, 0.15) is 11.4 Å². The normalized spacial score (nSPS) is 15.3. The topological polar surface area (TPSA) is 101 Å². The third-order valence-electron chi connectivity index (χ3n) is 4.71. The molecule has 1 aliphatic rings. The third-order valence-corrected chi connectivity index (χ3v) is 6.89. The van der Waals surface area contributed by atoms with Crippen LogP contribution in [-0.4, -0.2) is 54.6 Å². The highest BCUT2D eigenvalue weighted by Gasteiger charge is 2.33. The Labute approximate surface area is 171 Å². The van der Waals surface area contributed by atoms with Crippen molar-refractivity contribution in [3.8, 4) is 0 Å². The average molecular weight is 442 g/mol.